The van der Waals surface area contributed by atoms with Crippen molar-refractivity contribution < 1.29 is 19.4 Å². The van der Waals surface area contributed by atoms with E-state index in [9.17, 15) is 14.7 Å². The molecule has 0 fully saturated rings. The predicted octanol–water partition coefficient (Wildman–Crippen LogP) is 6.37. The lowest BCUT2D eigenvalue weighted by Crippen LogP contribution is -2.60. The molecule has 4 bridgehead atoms. The van der Waals surface area contributed by atoms with Crippen molar-refractivity contribution in [1.29, 1.82) is 0 Å². The molecule has 2 atom stereocenters. The van der Waals surface area contributed by atoms with Gasteiger partial charge in [0.1, 0.15) is 6.10 Å². The fraction of sp³-hybridized carbons (Fsp3) is 0.316. The van der Waals surface area contributed by atoms with Crippen molar-refractivity contribution >= 4 is 11.9 Å². The van der Waals surface area contributed by atoms with E-state index in [2.05, 4.69) is 111 Å². The van der Waals surface area contributed by atoms with Crippen LogP contribution in [0.15, 0.2) is 97.1 Å². The Hall–Kier alpha value is -4.18. The predicted molar refractivity (Wildman–Crippen MR) is 160 cm³/mol. The van der Waals surface area contributed by atoms with Crippen LogP contribution in [0.1, 0.15) is 96.4 Å². The van der Waals surface area contributed by atoms with E-state index >= 15 is 0 Å². The third kappa shape index (κ3) is 3.24. The van der Waals surface area contributed by atoms with Crippen LogP contribution in [-0.4, -0.2) is 18.0 Å². The Morgan fingerprint density at radius 2 is 1.05 bits per heavy atom. The first kappa shape index (κ1) is 26.7. The summed E-state index contributed by atoms with van der Waals surface area (Å²) in [4.78, 5) is 25.3. The standard InChI is InChI=1S/C38H36O4/c1-4-24(22-34(40)41)37-29-18-10-6-14-25(29)36(26-15-7-11-19-30(26)37)38(33(5-2)42-23(3)39)31-20-12-8-16-27(31)35(37)28-17-9-13-21-32(28)38/h6-21,24,33,35-36H,4-5,22H2,1-3H3,(H,40,41)/p-1. The minimum absolute atomic E-state index is 0.0408. The molecule has 2 unspecified atom stereocenters. The summed E-state index contributed by atoms with van der Waals surface area (Å²) in [5, 5.41) is 12.5. The van der Waals surface area contributed by atoms with Crippen molar-refractivity contribution in [1.82, 2.24) is 0 Å². The number of benzene rings is 4. The summed E-state index contributed by atoms with van der Waals surface area (Å²) in [5.74, 6) is -1.85. The minimum atomic E-state index is -1.02. The average molecular weight is 556 g/mol. The Morgan fingerprint density at radius 1 is 0.667 bits per heavy atom. The lowest BCUT2D eigenvalue weighted by molar-refractivity contribution is -0.307. The summed E-state index contributed by atoms with van der Waals surface area (Å²) in [6, 6.07) is 34.6. The fourth-order valence-corrected chi connectivity index (χ4v) is 9.47. The van der Waals surface area contributed by atoms with Gasteiger partial charge in [-0.2, -0.15) is 0 Å². The van der Waals surface area contributed by atoms with Gasteiger partial charge < -0.3 is 14.6 Å². The number of carbonyl (C=O) groups excluding carboxylic acids is 2. The molecule has 4 heteroatoms. The molecule has 0 spiro atoms. The highest BCUT2D eigenvalue weighted by atomic mass is 16.5. The molecular formula is C38H35O4-. The molecule has 0 heterocycles. The van der Waals surface area contributed by atoms with Gasteiger partial charge >= 0.3 is 5.97 Å². The normalized spacial score (nSPS) is 25.6. The van der Waals surface area contributed by atoms with Crippen molar-refractivity contribution in [3.8, 4) is 0 Å². The van der Waals surface area contributed by atoms with Crippen LogP contribution in [0, 0.1) is 5.92 Å². The van der Waals surface area contributed by atoms with Crippen LogP contribution in [0.5, 0.6) is 0 Å². The fourth-order valence-electron chi connectivity index (χ4n) is 9.47. The second-order valence-corrected chi connectivity index (χ2v) is 12.1. The van der Waals surface area contributed by atoms with Crippen LogP contribution < -0.4 is 5.11 Å². The second kappa shape index (κ2) is 9.69. The molecule has 0 aromatic heterocycles. The van der Waals surface area contributed by atoms with E-state index in [1.807, 2.05) is 0 Å². The van der Waals surface area contributed by atoms with Gasteiger partial charge in [0.25, 0.3) is 0 Å². The van der Waals surface area contributed by atoms with Gasteiger partial charge in [0, 0.05) is 30.1 Å². The van der Waals surface area contributed by atoms with E-state index in [0.717, 1.165) is 0 Å². The van der Waals surface area contributed by atoms with Crippen molar-refractivity contribution in [2.45, 2.75) is 68.8 Å². The van der Waals surface area contributed by atoms with Crippen molar-refractivity contribution in [2.24, 2.45) is 5.92 Å². The highest BCUT2D eigenvalue weighted by Crippen LogP contribution is 2.71. The summed E-state index contributed by atoms with van der Waals surface area (Å²) in [7, 11) is 0. The number of aliphatic carboxylic acids is 1. The van der Waals surface area contributed by atoms with E-state index in [4.69, 9.17) is 4.74 Å². The molecule has 0 radical (unpaired) electrons. The Kier molecular flexibility index (Phi) is 6.16. The zero-order valence-corrected chi connectivity index (χ0v) is 24.3. The Balaban J connectivity index is 1.76. The molecule has 0 saturated heterocycles. The molecule has 0 saturated carbocycles. The van der Waals surface area contributed by atoms with E-state index in [1.54, 1.807) is 0 Å². The smallest absolute Gasteiger partial charge is 0.302 e. The first-order valence-corrected chi connectivity index (χ1v) is 15.2. The van der Waals surface area contributed by atoms with Gasteiger partial charge in [0.2, 0.25) is 0 Å². The maximum Gasteiger partial charge on any atom is 0.302 e. The van der Waals surface area contributed by atoms with Gasteiger partial charge in [-0.05, 0) is 63.3 Å². The van der Waals surface area contributed by atoms with Gasteiger partial charge in [-0.1, -0.05) is 117 Å². The zero-order valence-electron chi connectivity index (χ0n) is 24.3. The largest absolute Gasteiger partial charge is 0.550 e. The quantitative estimate of drug-likeness (QED) is 0.249. The Morgan fingerprint density at radius 3 is 1.40 bits per heavy atom. The summed E-state index contributed by atoms with van der Waals surface area (Å²) in [5.41, 5.74) is 8.10. The van der Waals surface area contributed by atoms with Crippen LogP contribution in [-0.2, 0) is 25.2 Å². The lowest BCUT2D eigenvalue weighted by Gasteiger charge is -2.63. The summed E-state index contributed by atoms with van der Waals surface area (Å²) < 4.78 is 6.37. The maximum absolute atomic E-state index is 12.8. The van der Waals surface area contributed by atoms with Crippen LogP contribution in [0.4, 0.5) is 0 Å². The number of ether oxygens (including phenoxy) is 1. The molecule has 4 nitrogen and oxygen atoms in total. The monoisotopic (exact) mass is 555 g/mol. The maximum atomic E-state index is 12.8. The molecule has 4 aromatic carbocycles. The highest BCUT2D eigenvalue weighted by Gasteiger charge is 2.66. The lowest BCUT2D eigenvalue weighted by atomic mass is 9.39. The van der Waals surface area contributed by atoms with Gasteiger partial charge in [-0.15, -0.1) is 0 Å². The van der Waals surface area contributed by atoms with Crippen molar-refractivity contribution in [3.05, 3.63) is 142 Å². The average Bonchev–Trinajstić information content (AvgIpc) is 2.99. The number of hydrogen-bond acceptors (Lipinski definition) is 4. The van der Waals surface area contributed by atoms with Gasteiger partial charge in [-0.25, -0.2) is 0 Å². The first-order valence-electron chi connectivity index (χ1n) is 15.2. The molecule has 0 amide bonds. The molecular weight excluding hydrogens is 520 g/mol. The Labute approximate surface area is 247 Å². The molecule has 212 valence electrons. The highest BCUT2D eigenvalue weighted by molar-refractivity contribution is 5.75. The van der Waals surface area contributed by atoms with Crippen molar-refractivity contribution in [2.75, 3.05) is 0 Å². The van der Waals surface area contributed by atoms with E-state index in [1.165, 1.54) is 51.4 Å². The van der Waals surface area contributed by atoms with Crippen molar-refractivity contribution in [3.63, 3.8) is 0 Å². The number of hydrogen-bond donors (Lipinski definition) is 0. The van der Waals surface area contributed by atoms with E-state index < -0.39 is 22.9 Å². The molecule has 6 aliphatic carbocycles. The molecule has 42 heavy (non-hydrogen) atoms. The summed E-state index contributed by atoms with van der Waals surface area (Å²) in [6.45, 7) is 5.72. The number of esters is 1. The minimum Gasteiger partial charge on any atom is -0.550 e. The zero-order chi connectivity index (χ0) is 29.2. The van der Waals surface area contributed by atoms with Crippen LogP contribution in [0.2, 0.25) is 0 Å². The number of rotatable bonds is 7. The molecule has 4 aromatic rings. The van der Waals surface area contributed by atoms with Gasteiger partial charge in [0.05, 0.1) is 5.41 Å². The summed E-state index contributed by atoms with van der Waals surface area (Å²) in [6.07, 6.45) is 0.848. The number of carboxylic acid groups (broad SMARTS) is 1. The third-order valence-electron chi connectivity index (χ3n) is 10.5. The van der Waals surface area contributed by atoms with E-state index in [-0.39, 0.29) is 30.1 Å². The number of carboxylic acids is 1. The topological polar surface area (TPSA) is 66.4 Å². The van der Waals surface area contributed by atoms with E-state index in [0.29, 0.717) is 12.8 Å². The van der Waals surface area contributed by atoms with Crippen LogP contribution >= 0.6 is 0 Å². The first-order chi connectivity index (χ1) is 20.4. The molecule has 10 rings (SSSR count). The third-order valence-corrected chi connectivity index (χ3v) is 10.5. The van der Waals surface area contributed by atoms with Gasteiger partial charge in [-0.3, -0.25) is 4.79 Å². The summed E-state index contributed by atoms with van der Waals surface area (Å²) >= 11 is 0. The number of carbonyl (C=O) groups is 2. The molecule has 0 N–H and O–H groups in total. The van der Waals surface area contributed by atoms with Crippen LogP contribution in [0.3, 0.4) is 0 Å². The molecule has 6 aliphatic rings. The Bertz CT molecular complexity index is 1500. The van der Waals surface area contributed by atoms with Gasteiger partial charge in [0.15, 0.2) is 0 Å². The SMILES string of the molecule is CCC(CC(=O)[O-])C12c3ccccc3C(c3ccccc31)C1(C(CC)OC(C)=O)c3ccccc3C2c2ccccc21. The van der Waals surface area contributed by atoms with Crippen LogP contribution in [0.25, 0.3) is 0 Å². The molecule has 0 aliphatic heterocycles. The second-order valence-electron chi connectivity index (χ2n) is 12.1.